The summed E-state index contributed by atoms with van der Waals surface area (Å²) in [5.41, 5.74) is 0.915. The van der Waals surface area contributed by atoms with E-state index in [4.69, 9.17) is 9.47 Å². The molecule has 0 spiro atoms. The molecule has 1 N–H and O–H groups in total. The molecule has 1 amide bonds. The van der Waals surface area contributed by atoms with Crippen LogP contribution < -0.4 is 10.1 Å². The number of aromatic nitrogens is 3. The Morgan fingerprint density at radius 2 is 1.82 bits per heavy atom. The van der Waals surface area contributed by atoms with Gasteiger partial charge >= 0.3 is 5.97 Å². The van der Waals surface area contributed by atoms with Crippen molar-refractivity contribution < 1.29 is 19.1 Å². The zero-order valence-corrected chi connectivity index (χ0v) is 20.0. The number of esters is 1. The number of hydrogen-bond donors (Lipinski definition) is 1. The summed E-state index contributed by atoms with van der Waals surface area (Å²) in [4.78, 5) is 24.6. The number of nitrogens with zero attached hydrogens (tertiary/aromatic N) is 3. The molecular formula is C24H28N4O4S. The van der Waals surface area contributed by atoms with Gasteiger partial charge in [0.25, 0.3) is 0 Å². The number of thioether (sulfide) groups is 1. The summed E-state index contributed by atoms with van der Waals surface area (Å²) >= 11 is 1.29. The van der Waals surface area contributed by atoms with E-state index in [0.29, 0.717) is 28.8 Å². The topological polar surface area (TPSA) is 95.3 Å². The van der Waals surface area contributed by atoms with E-state index in [-0.39, 0.29) is 23.9 Å². The fourth-order valence-electron chi connectivity index (χ4n) is 3.09. The lowest BCUT2D eigenvalue weighted by Crippen LogP contribution is -2.16. The van der Waals surface area contributed by atoms with Crippen LogP contribution in [0.2, 0.25) is 0 Å². The number of carbonyl (C=O) groups excluding carboxylic acids is 2. The van der Waals surface area contributed by atoms with Crippen molar-refractivity contribution in [3.05, 3.63) is 66.0 Å². The standard InChI is InChI=1S/C24H28N4O4S/c1-5-28-22(17(4)32-20-12-7-6-8-13-20)26-27-24(28)33-15-21(29)25-19-11-9-10-18(14-19)23(30)31-16(2)3/h6-14,16-17H,5,15H2,1-4H3,(H,25,29)/t17-/m0/s1. The molecule has 0 saturated carbocycles. The third kappa shape index (κ3) is 6.82. The number of ether oxygens (including phenoxy) is 2. The maximum absolute atomic E-state index is 12.5. The van der Waals surface area contributed by atoms with Crippen LogP contribution in [0.5, 0.6) is 5.75 Å². The second-order valence-corrected chi connectivity index (χ2v) is 8.47. The Morgan fingerprint density at radius 1 is 1.06 bits per heavy atom. The Labute approximate surface area is 197 Å². The molecule has 8 nitrogen and oxygen atoms in total. The average Bonchev–Trinajstić information content (AvgIpc) is 3.21. The Balaban J connectivity index is 1.60. The molecule has 2 aromatic carbocycles. The first-order valence-electron chi connectivity index (χ1n) is 10.8. The predicted octanol–water partition coefficient (Wildman–Crippen LogP) is 4.73. The molecule has 0 bridgehead atoms. The zero-order chi connectivity index (χ0) is 23.8. The van der Waals surface area contributed by atoms with Crippen LogP contribution in [0.25, 0.3) is 0 Å². The van der Waals surface area contributed by atoms with E-state index >= 15 is 0 Å². The van der Waals surface area contributed by atoms with Gasteiger partial charge in [0.15, 0.2) is 17.1 Å². The van der Waals surface area contributed by atoms with Gasteiger partial charge in [0.05, 0.1) is 17.4 Å². The molecule has 9 heteroatoms. The summed E-state index contributed by atoms with van der Waals surface area (Å²) in [5.74, 6) is 0.956. The van der Waals surface area contributed by atoms with Crippen LogP contribution in [0.15, 0.2) is 59.8 Å². The minimum Gasteiger partial charge on any atom is -0.483 e. The third-order valence-electron chi connectivity index (χ3n) is 4.54. The molecule has 0 fully saturated rings. The zero-order valence-electron chi connectivity index (χ0n) is 19.1. The van der Waals surface area contributed by atoms with Crippen LogP contribution in [-0.4, -0.2) is 38.5 Å². The van der Waals surface area contributed by atoms with Crippen LogP contribution in [0.4, 0.5) is 5.69 Å². The Hall–Kier alpha value is -3.33. The van der Waals surface area contributed by atoms with Crippen molar-refractivity contribution in [3.63, 3.8) is 0 Å². The number of nitrogens with one attached hydrogen (secondary N) is 1. The fraction of sp³-hybridized carbons (Fsp3) is 0.333. The lowest BCUT2D eigenvalue weighted by Gasteiger charge is -2.15. The van der Waals surface area contributed by atoms with E-state index in [1.54, 1.807) is 38.1 Å². The van der Waals surface area contributed by atoms with Gasteiger partial charge in [0.1, 0.15) is 5.75 Å². The van der Waals surface area contributed by atoms with E-state index in [2.05, 4.69) is 15.5 Å². The maximum atomic E-state index is 12.5. The molecule has 0 aliphatic carbocycles. The van der Waals surface area contributed by atoms with Gasteiger partial charge in [0.2, 0.25) is 5.91 Å². The number of carbonyl (C=O) groups is 2. The monoisotopic (exact) mass is 468 g/mol. The molecule has 1 aromatic heterocycles. The van der Waals surface area contributed by atoms with Crippen molar-refractivity contribution in [1.29, 1.82) is 0 Å². The molecule has 33 heavy (non-hydrogen) atoms. The number of amides is 1. The van der Waals surface area contributed by atoms with Gasteiger partial charge in [-0.25, -0.2) is 4.79 Å². The smallest absolute Gasteiger partial charge is 0.338 e. The molecule has 174 valence electrons. The molecule has 1 heterocycles. The highest BCUT2D eigenvalue weighted by atomic mass is 32.2. The van der Waals surface area contributed by atoms with Crippen LogP contribution in [-0.2, 0) is 16.1 Å². The summed E-state index contributed by atoms with van der Waals surface area (Å²) in [5, 5.41) is 12.0. The number of para-hydroxylation sites is 1. The third-order valence-corrected chi connectivity index (χ3v) is 5.51. The number of rotatable bonds is 10. The van der Waals surface area contributed by atoms with Gasteiger partial charge in [0, 0.05) is 12.2 Å². The molecule has 0 unspecified atom stereocenters. The van der Waals surface area contributed by atoms with Crippen molar-refractivity contribution >= 4 is 29.3 Å². The van der Waals surface area contributed by atoms with Gasteiger partial charge < -0.3 is 19.4 Å². The van der Waals surface area contributed by atoms with Gasteiger partial charge in [-0.2, -0.15) is 0 Å². The van der Waals surface area contributed by atoms with Gasteiger partial charge in [-0.3, -0.25) is 4.79 Å². The van der Waals surface area contributed by atoms with Crippen molar-refractivity contribution in [1.82, 2.24) is 14.8 Å². The van der Waals surface area contributed by atoms with Crippen molar-refractivity contribution in [2.24, 2.45) is 0 Å². The average molecular weight is 469 g/mol. The van der Waals surface area contributed by atoms with Gasteiger partial charge in [-0.15, -0.1) is 10.2 Å². The van der Waals surface area contributed by atoms with Crippen molar-refractivity contribution in [3.8, 4) is 5.75 Å². The molecule has 0 aliphatic rings. The van der Waals surface area contributed by atoms with Crippen LogP contribution in [0.3, 0.4) is 0 Å². The van der Waals surface area contributed by atoms with E-state index < -0.39 is 5.97 Å². The quantitative estimate of drug-likeness (QED) is 0.339. The second kappa shape index (κ2) is 11.5. The summed E-state index contributed by atoms with van der Waals surface area (Å²) in [6.07, 6.45) is -0.509. The van der Waals surface area contributed by atoms with E-state index in [1.807, 2.05) is 48.7 Å². The summed E-state index contributed by atoms with van der Waals surface area (Å²) in [6.45, 7) is 8.13. The summed E-state index contributed by atoms with van der Waals surface area (Å²) in [7, 11) is 0. The summed E-state index contributed by atoms with van der Waals surface area (Å²) < 4.78 is 13.1. The van der Waals surface area contributed by atoms with E-state index in [0.717, 1.165) is 5.75 Å². The molecular weight excluding hydrogens is 440 g/mol. The predicted molar refractivity (Wildman–Crippen MR) is 128 cm³/mol. The molecule has 3 aromatic rings. The summed E-state index contributed by atoms with van der Waals surface area (Å²) in [6, 6.07) is 16.2. The van der Waals surface area contributed by atoms with Crippen LogP contribution in [0, 0.1) is 0 Å². The van der Waals surface area contributed by atoms with Crippen molar-refractivity contribution in [2.45, 2.75) is 51.6 Å². The Morgan fingerprint density at radius 3 is 2.52 bits per heavy atom. The molecule has 0 saturated heterocycles. The van der Waals surface area contributed by atoms with Crippen molar-refractivity contribution in [2.75, 3.05) is 11.1 Å². The highest BCUT2D eigenvalue weighted by Gasteiger charge is 2.19. The number of anilines is 1. The lowest BCUT2D eigenvalue weighted by molar-refractivity contribution is -0.113. The number of hydrogen-bond acceptors (Lipinski definition) is 7. The highest BCUT2D eigenvalue weighted by molar-refractivity contribution is 7.99. The first-order chi connectivity index (χ1) is 15.9. The number of benzene rings is 2. The second-order valence-electron chi connectivity index (χ2n) is 7.53. The minimum absolute atomic E-state index is 0.146. The Bertz CT molecular complexity index is 1090. The van der Waals surface area contributed by atoms with Crippen LogP contribution in [0.1, 0.15) is 50.0 Å². The maximum Gasteiger partial charge on any atom is 0.338 e. The van der Waals surface area contributed by atoms with E-state index in [1.165, 1.54) is 11.8 Å². The van der Waals surface area contributed by atoms with E-state index in [9.17, 15) is 9.59 Å². The normalized spacial score (nSPS) is 11.8. The minimum atomic E-state index is -0.425. The van der Waals surface area contributed by atoms with Gasteiger partial charge in [-0.1, -0.05) is 36.0 Å². The lowest BCUT2D eigenvalue weighted by atomic mass is 10.2. The molecule has 0 radical (unpaired) electrons. The fourth-order valence-corrected chi connectivity index (χ4v) is 3.90. The Kier molecular flexibility index (Phi) is 8.48. The highest BCUT2D eigenvalue weighted by Crippen LogP contribution is 2.24. The molecule has 0 aliphatic heterocycles. The first kappa shape index (κ1) is 24.3. The molecule has 1 atom stereocenters. The van der Waals surface area contributed by atoms with Crippen LogP contribution >= 0.6 is 11.8 Å². The first-order valence-corrected chi connectivity index (χ1v) is 11.7. The largest absolute Gasteiger partial charge is 0.483 e. The molecule has 3 rings (SSSR count). The van der Waals surface area contributed by atoms with Gasteiger partial charge in [-0.05, 0) is 58.0 Å². The SMILES string of the molecule is CCn1c(SCC(=O)Nc2cccc(C(=O)OC(C)C)c2)nnc1[C@H](C)Oc1ccccc1.